The Kier molecular flexibility index (Phi) is 5.51. The zero-order valence-corrected chi connectivity index (χ0v) is 16.3. The van der Waals surface area contributed by atoms with E-state index >= 15 is 0 Å². The number of nitrogens with zero attached hydrogens (tertiary/aromatic N) is 1. The number of aliphatic hydroxyl groups is 1. The van der Waals surface area contributed by atoms with Crippen LogP contribution in [0.5, 0.6) is 5.88 Å². The van der Waals surface area contributed by atoms with Gasteiger partial charge in [0, 0.05) is 24.7 Å². The van der Waals surface area contributed by atoms with Gasteiger partial charge in [-0.25, -0.2) is 4.98 Å². The van der Waals surface area contributed by atoms with E-state index in [4.69, 9.17) is 13.9 Å². The van der Waals surface area contributed by atoms with Crippen molar-refractivity contribution in [1.29, 1.82) is 0 Å². The van der Waals surface area contributed by atoms with Gasteiger partial charge in [0.1, 0.15) is 12.4 Å². The number of aromatic nitrogens is 1. The van der Waals surface area contributed by atoms with E-state index in [0.29, 0.717) is 60.8 Å². The quantitative estimate of drug-likeness (QED) is 0.665. The number of amides is 1. The minimum atomic E-state index is -0.676. The molecule has 0 radical (unpaired) electrons. The normalized spacial score (nSPS) is 15.9. The number of rotatable bonds is 6. The molecule has 0 saturated carbocycles. The van der Waals surface area contributed by atoms with Gasteiger partial charge in [0.15, 0.2) is 5.58 Å². The molecule has 7 nitrogen and oxygen atoms in total. The van der Waals surface area contributed by atoms with Crippen molar-refractivity contribution in [3.05, 3.63) is 59.5 Å². The molecular weight excluding hydrogens is 372 g/mol. The number of furan rings is 1. The fraction of sp³-hybridized carbons (Fsp3) is 0.364. The smallest absolute Gasteiger partial charge is 0.255 e. The molecule has 7 heteroatoms. The van der Waals surface area contributed by atoms with Crippen molar-refractivity contribution in [2.24, 2.45) is 0 Å². The van der Waals surface area contributed by atoms with E-state index in [1.807, 2.05) is 30.3 Å². The van der Waals surface area contributed by atoms with Gasteiger partial charge in [-0.15, -0.1) is 0 Å². The molecule has 0 spiro atoms. The number of aliphatic hydroxyl groups excluding tert-OH is 1. The van der Waals surface area contributed by atoms with E-state index in [2.05, 4.69) is 10.3 Å². The predicted molar refractivity (Wildman–Crippen MR) is 107 cm³/mol. The van der Waals surface area contributed by atoms with Crippen molar-refractivity contribution in [1.82, 2.24) is 10.3 Å². The number of pyridine rings is 1. The molecule has 0 unspecified atom stereocenters. The van der Waals surface area contributed by atoms with Crippen molar-refractivity contribution in [3.63, 3.8) is 0 Å². The maximum atomic E-state index is 13.1. The van der Waals surface area contributed by atoms with Crippen LogP contribution in [0.4, 0.5) is 0 Å². The van der Waals surface area contributed by atoms with Gasteiger partial charge in [0.25, 0.3) is 5.91 Å². The minimum Gasteiger partial charge on any atom is -0.473 e. The third-order valence-electron chi connectivity index (χ3n) is 5.31. The summed E-state index contributed by atoms with van der Waals surface area (Å²) in [6.07, 6.45) is 2.70. The van der Waals surface area contributed by atoms with Gasteiger partial charge < -0.3 is 24.3 Å². The third-order valence-corrected chi connectivity index (χ3v) is 5.31. The fourth-order valence-electron chi connectivity index (χ4n) is 3.59. The van der Waals surface area contributed by atoms with Crippen molar-refractivity contribution in [3.8, 4) is 5.88 Å². The molecule has 1 aliphatic rings. The number of aryl methyl sites for hydroxylation is 1. The molecule has 1 amide bonds. The highest BCUT2D eigenvalue weighted by Crippen LogP contribution is 2.29. The molecule has 2 aromatic heterocycles. The molecule has 2 N–H and O–H groups in total. The maximum Gasteiger partial charge on any atom is 0.255 e. The zero-order chi connectivity index (χ0) is 20.3. The third kappa shape index (κ3) is 4.11. The summed E-state index contributed by atoms with van der Waals surface area (Å²) in [5, 5.41) is 13.5. The van der Waals surface area contributed by atoms with E-state index in [0.717, 1.165) is 5.56 Å². The predicted octanol–water partition coefficient (Wildman–Crippen LogP) is 2.99. The maximum absolute atomic E-state index is 13.1. The van der Waals surface area contributed by atoms with Crippen LogP contribution in [0.25, 0.3) is 11.0 Å². The Morgan fingerprint density at radius 3 is 2.76 bits per heavy atom. The van der Waals surface area contributed by atoms with Crippen molar-refractivity contribution in [2.45, 2.75) is 31.9 Å². The summed E-state index contributed by atoms with van der Waals surface area (Å²) in [6, 6.07) is 11.5. The van der Waals surface area contributed by atoms with Crippen molar-refractivity contribution < 1.29 is 23.8 Å². The molecule has 152 valence electrons. The summed E-state index contributed by atoms with van der Waals surface area (Å²) in [5.74, 6) is 0.635. The Morgan fingerprint density at radius 2 is 2.03 bits per heavy atom. The highest BCUT2D eigenvalue weighted by atomic mass is 16.5. The highest BCUT2D eigenvalue weighted by molar-refractivity contribution is 6.07. The largest absolute Gasteiger partial charge is 0.473 e. The standard InChI is InChI=1S/C22H24N2O5/c1-15-20(21(26)24-22(14-25)7-9-27-10-8-22)17-11-19(23-12-18(17)29-15)28-13-16-5-3-2-4-6-16/h2-6,11-12,25H,7-10,13-14H2,1H3,(H,24,26). The number of nitrogens with one attached hydrogen (secondary N) is 1. The van der Waals surface area contributed by atoms with Crippen LogP contribution in [0.2, 0.25) is 0 Å². The summed E-state index contributed by atoms with van der Waals surface area (Å²) >= 11 is 0. The summed E-state index contributed by atoms with van der Waals surface area (Å²) < 4.78 is 16.9. The first kappa shape index (κ1) is 19.4. The molecule has 0 bridgehead atoms. The van der Waals surface area contributed by atoms with Gasteiger partial charge in [-0.2, -0.15) is 0 Å². The molecule has 29 heavy (non-hydrogen) atoms. The lowest BCUT2D eigenvalue weighted by Gasteiger charge is -2.36. The molecule has 0 aliphatic carbocycles. The Hall–Kier alpha value is -2.90. The lowest BCUT2D eigenvalue weighted by Crippen LogP contribution is -2.54. The average molecular weight is 396 g/mol. The summed E-state index contributed by atoms with van der Waals surface area (Å²) in [4.78, 5) is 17.4. The Morgan fingerprint density at radius 1 is 1.28 bits per heavy atom. The highest BCUT2D eigenvalue weighted by Gasteiger charge is 2.35. The van der Waals surface area contributed by atoms with E-state index in [1.165, 1.54) is 0 Å². The molecule has 1 aliphatic heterocycles. The van der Waals surface area contributed by atoms with Gasteiger partial charge in [-0.05, 0) is 25.3 Å². The van der Waals surface area contributed by atoms with Gasteiger partial charge in [-0.3, -0.25) is 4.79 Å². The SMILES string of the molecule is Cc1oc2cnc(OCc3ccccc3)cc2c1C(=O)NC1(CO)CCOCC1. The molecule has 1 saturated heterocycles. The summed E-state index contributed by atoms with van der Waals surface area (Å²) in [6.45, 7) is 3.00. The van der Waals surface area contributed by atoms with E-state index in [-0.39, 0.29) is 12.5 Å². The molecule has 1 aromatic carbocycles. The molecule has 4 rings (SSSR count). The van der Waals surface area contributed by atoms with Crippen molar-refractivity contribution >= 4 is 16.9 Å². The minimum absolute atomic E-state index is 0.135. The number of ether oxygens (including phenoxy) is 2. The van der Waals surface area contributed by atoms with Crippen LogP contribution < -0.4 is 10.1 Å². The van der Waals surface area contributed by atoms with Crippen LogP contribution in [-0.4, -0.2) is 41.4 Å². The van der Waals surface area contributed by atoms with Crippen LogP contribution in [0.3, 0.4) is 0 Å². The first-order valence-electron chi connectivity index (χ1n) is 9.67. The van der Waals surface area contributed by atoms with Crippen LogP contribution >= 0.6 is 0 Å². The summed E-state index contributed by atoms with van der Waals surface area (Å²) in [5.41, 5.74) is 1.31. The first-order chi connectivity index (χ1) is 14.1. The molecule has 3 aromatic rings. The fourth-order valence-corrected chi connectivity index (χ4v) is 3.59. The first-order valence-corrected chi connectivity index (χ1v) is 9.67. The van der Waals surface area contributed by atoms with Crippen molar-refractivity contribution in [2.75, 3.05) is 19.8 Å². The number of hydrogen-bond acceptors (Lipinski definition) is 6. The summed E-state index contributed by atoms with van der Waals surface area (Å²) in [7, 11) is 0. The molecule has 3 heterocycles. The monoisotopic (exact) mass is 396 g/mol. The number of hydrogen-bond donors (Lipinski definition) is 2. The number of fused-ring (bicyclic) bond motifs is 1. The lowest BCUT2D eigenvalue weighted by molar-refractivity contribution is 0.0125. The molecular formula is C22H24N2O5. The van der Waals surface area contributed by atoms with E-state index < -0.39 is 5.54 Å². The number of benzene rings is 1. The number of carbonyl (C=O) groups excluding carboxylic acids is 1. The second-order valence-electron chi connectivity index (χ2n) is 7.33. The Balaban J connectivity index is 1.58. The average Bonchev–Trinajstić information content (AvgIpc) is 3.08. The van der Waals surface area contributed by atoms with Gasteiger partial charge in [0.2, 0.25) is 5.88 Å². The second kappa shape index (κ2) is 8.23. The second-order valence-corrected chi connectivity index (χ2v) is 7.33. The van der Waals surface area contributed by atoms with E-state index in [1.54, 1.807) is 19.2 Å². The molecule has 1 fully saturated rings. The van der Waals surface area contributed by atoms with Gasteiger partial charge in [-0.1, -0.05) is 30.3 Å². The van der Waals surface area contributed by atoms with Gasteiger partial charge >= 0.3 is 0 Å². The zero-order valence-electron chi connectivity index (χ0n) is 16.3. The Bertz CT molecular complexity index is 993. The topological polar surface area (TPSA) is 93.8 Å². The lowest BCUT2D eigenvalue weighted by atomic mass is 9.90. The van der Waals surface area contributed by atoms with Crippen LogP contribution in [-0.2, 0) is 11.3 Å². The van der Waals surface area contributed by atoms with E-state index in [9.17, 15) is 9.90 Å². The van der Waals surface area contributed by atoms with Crippen LogP contribution in [0.1, 0.15) is 34.5 Å². The van der Waals surface area contributed by atoms with Crippen LogP contribution in [0.15, 0.2) is 47.0 Å². The molecule has 0 atom stereocenters. The van der Waals surface area contributed by atoms with Gasteiger partial charge in [0.05, 0.1) is 23.9 Å². The van der Waals surface area contributed by atoms with Crippen LogP contribution in [0, 0.1) is 6.92 Å². The Labute approximate surface area is 168 Å². The number of carbonyl (C=O) groups is 1.